The number of pyridine rings is 2. The molecule has 5 rings (SSSR count). The first-order valence-electron chi connectivity index (χ1n) is 13.7. The second-order valence-corrected chi connectivity index (χ2v) is 10.1. The van der Waals surface area contributed by atoms with Crippen LogP contribution in [-0.2, 0) is 4.74 Å². The Kier molecular flexibility index (Phi) is 8.98. The van der Waals surface area contributed by atoms with Gasteiger partial charge >= 0.3 is 11.7 Å². The number of amides is 1. The number of nitrogens with zero attached hydrogens (tertiary/aromatic N) is 4. The van der Waals surface area contributed by atoms with Crippen LogP contribution in [0.25, 0.3) is 5.69 Å². The van der Waals surface area contributed by atoms with Crippen LogP contribution >= 0.6 is 0 Å². The number of hydrogen-bond donors (Lipinski definition) is 2. The van der Waals surface area contributed by atoms with E-state index in [0.717, 1.165) is 29.0 Å². The van der Waals surface area contributed by atoms with Crippen LogP contribution in [0.3, 0.4) is 0 Å². The number of carbonyl (C=O) groups excluding carboxylic acids is 2. The molecule has 0 saturated heterocycles. The normalized spacial score (nSPS) is 10.8. The lowest BCUT2D eigenvalue weighted by atomic mass is 10.2. The largest absolute Gasteiger partial charge is 0.465 e. The molecule has 5 aromatic rings. The van der Waals surface area contributed by atoms with Gasteiger partial charge in [0.05, 0.1) is 18.4 Å². The van der Waals surface area contributed by atoms with Crippen molar-refractivity contribution in [3.05, 3.63) is 129 Å². The van der Waals surface area contributed by atoms with Gasteiger partial charge in [-0.05, 0) is 68.4 Å². The van der Waals surface area contributed by atoms with Gasteiger partial charge in [-0.3, -0.25) is 14.2 Å². The van der Waals surface area contributed by atoms with Gasteiger partial charge in [-0.15, -0.1) is 0 Å². The molecule has 0 unspecified atom stereocenters. The molecule has 0 saturated carbocycles. The fraction of sp³-hybridized carbons (Fsp3) is 0.125. The Morgan fingerprint density at radius 3 is 2.33 bits per heavy atom. The summed E-state index contributed by atoms with van der Waals surface area (Å²) in [6, 6.07) is 14.0. The highest BCUT2D eigenvalue weighted by Crippen LogP contribution is 2.28. The molecular formula is C32H26F2N6O6. The average Bonchev–Trinajstić information content (AvgIpc) is 3.03. The number of hydrogen-bond acceptors (Lipinski definition) is 9. The molecule has 0 fully saturated rings. The van der Waals surface area contributed by atoms with Crippen molar-refractivity contribution in [2.45, 2.75) is 19.9 Å². The molecule has 1 amide bonds. The number of nitrogens with one attached hydrogen (secondary N) is 2. The molecule has 14 heteroatoms. The average molecular weight is 629 g/mol. The smallest absolute Gasteiger partial charge is 0.339 e. The van der Waals surface area contributed by atoms with Crippen molar-refractivity contribution in [2.75, 3.05) is 17.7 Å². The highest BCUT2D eigenvalue weighted by atomic mass is 19.1. The van der Waals surface area contributed by atoms with E-state index in [1.54, 1.807) is 19.9 Å². The van der Waals surface area contributed by atoms with Gasteiger partial charge in [0.1, 0.15) is 28.8 Å². The number of anilines is 3. The van der Waals surface area contributed by atoms with Crippen LogP contribution in [0.5, 0.6) is 11.5 Å². The van der Waals surface area contributed by atoms with Crippen molar-refractivity contribution in [1.82, 2.24) is 19.1 Å². The molecule has 3 heterocycles. The summed E-state index contributed by atoms with van der Waals surface area (Å²) < 4.78 is 40.9. The lowest BCUT2D eigenvalue weighted by Gasteiger charge is -2.16. The van der Waals surface area contributed by atoms with E-state index in [-0.39, 0.29) is 34.0 Å². The van der Waals surface area contributed by atoms with Gasteiger partial charge in [-0.2, -0.15) is 0 Å². The van der Waals surface area contributed by atoms with E-state index in [1.165, 1.54) is 66.5 Å². The molecule has 0 radical (unpaired) electrons. The Balaban J connectivity index is 1.33. The molecule has 0 atom stereocenters. The van der Waals surface area contributed by atoms with Gasteiger partial charge < -0.3 is 20.1 Å². The number of rotatable bonds is 9. The van der Waals surface area contributed by atoms with Crippen molar-refractivity contribution in [3.63, 3.8) is 0 Å². The molecule has 0 aliphatic heterocycles. The molecule has 12 nitrogen and oxygen atoms in total. The molecule has 46 heavy (non-hydrogen) atoms. The fourth-order valence-corrected chi connectivity index (χ4v) is 4.28. The van der Waals surface area contributed by atoms with E-state index in [1.807, 2.05) is 0 Å². The summed E-state index contributed by atoms with van der Waals surface area (Å²) in [5.74, 6) is -2.01. The number of carbonyl (C=O) groups is 2. The maximum absolute atomic E-state index is 15.1. The summed E-state index contributed by atoms with van der Waals surface area (Å²) in [5.41, 5.74) is -1.65. The monoisotopic (exact) mass is 628 g/mol. The van der Waals surface area contributed by atoms with E-state index in [4.69, 9.17) is 4.74 Å². The lowest BCUT2D eigenvalue weighted by molar-refractivity contribution is 0.0600. The predicted molar refractivity (Wildman–Crippen MR) is 164 cm³/mol. The Labute approximate surface area is 259 Å². The van der Waals surface area contributed by atoms with Crippen molar-refractivity contribution >= 4 is 29.2 Å². The third kappa shape index (κ3) is 6.80. The maximum Gasteiger partial charge on any atom is 0.339 e. The summed E-state index contributed by atoms with van der Waals surface area (Å²) in [5, 5.41) is 5.43. The Hall–Kier alpha value is -6.18. The minimum absolute atomic E-state index is 0.0171. The highest BCUT2D eigenvalue weighted by Gasteiger charge is 2.20. The maximum atomic E-state index is 15.1. The quantitative estimate of drug-likeness (QED) is 0.210. The van der Waals surface area contributed by atoms with Crippen LogP contribution in [0.15, 0.2) is 94.9 Å². The van der Waals surface area contributed by atoms with Gasteiger partial charge in [0.15, 0.2) is 11.6 Å². The minimum atomic E-state index is -0.928. The SMILES string of the molecule is COC(=O)c1ccc(Nc2cc(Oc3ccc(NC(=O)c4cn(C(C)C)c(=O)n(-c5ccc(F)cc5)c4=O)cc3F)ccn2)nc1. The first kappa shape index (κ1) is 31.3. The fourth-order valence-electron chi connectivity index (χ4n) is 4.28. The highest BCUT2D eigenvalue weighted by molar-refractivity contribution is 6.03. The van der Waals surface area contributed by atoms with E-state index >= 15 is 4.39 Å². The van der Waals surface area contributed by atoms with Crippen molar-refractivity contribution < 1.29 is 27.8 Å². The Morgan fingerprint density at radius 2 is 1.67 bits per heavy atom. The number of esters is 1. The third-order valence-corrected chi connectivity index (χ3v) is 6.59. The van der Waals surface area contributed by atoms with Crippen molar-refractivity contribution in [2.24, 2.45) is 0 Å². The molecule has 0 spiro atoms. The second kappa shape index (κ2) is 13.2. The number of ether oxygens (including phenoxy) is 2. The molecule has 0 aliphatic rings. The summed E-state index contributed by atoms with van der Waals surface area (Å²) in [7, 11) is 1.27. The van der Waals surface area contributed by atoms with Crippen LogP contribution in [0, 0.1) is 11.6 Å². The summed E-state index contributed by atoms with van der Waals surface area (Å²) in [6.45, 7) is 3.39. The van der Waals surface area contributed by atoms with Crippen LogP contribution in [-0.4, -0.2) is 38.1 Å². The number of aromatic nitrogens is 4. The van der Waals surface area contributed by atoms with Gasteiger partial charge in [0.25, 0.3) is 11.5 Å². The molecule has 3 aromatic heterocycles. The first-order chi connectivity index (χ1) is 22.0. The number of methoxy groups -OCH3 is 1. The van der Waals surface area contributed by atoms with Gasteiger partial charge in [0.2, 0.25) is 0 Å². The van der Waals surface area contributed by atoms with Crippen LogP contribution in [0.4, 0.5) is 26.1 Å². The standard InChI is InChI=1S/C32H26F2N6O6/c1-18(2)39-17-24(30(42)40(32(39)44)22-8-5-20(33)6-9-22)29(41)37-21-7-10-26(25(34)14-21)46-23-12-13-35-28(15-23)38-27-11-4-19(16-36-27)31(43)45-3/h4-18H,1-3H3,(H,37,41)(H,35,36,38). The molecule has 2 N–H and O–H groups in total. The zero-order chi connectivity index (χ0) is 33.0. The Bertz CT molecular complexity index is 2040. The van der Waals surface area contributed by atoms with Gasteiger partial charge in [-0.25, -0.2) is 32.9 Å². The van der Waals surface area contributed by atoms with E-state index in [2.05, 4.69) is 25.3 Å². The molecule has 0 bridgehead atoms. The van der Waals surface area contributed by atoms with Crippen molar-refractivity contribution in [3.8, 4) is 17.2 Å². The first-order valence-corrected chi connectivity index (χ1v) is 13.7. The van der Waals surface area contributed by atoms with Crippen LogP contribution in [0.2, 0.25) is 0 Å². The Morgan fingerprint density at radius 1 is 0.913 bits per heavy atom. The topological polar surface area (TPSA) is 146 Å². The minimum Gasteiger partial charge on any atom is -0.465 e. The van der Waals surface area contributed by atoms with Crippen LogP contribution in [0.1, 0.15) is 40.6 Å². The van der Waals surface area contributed by atoms with E-state index in [9.17, 15) is 23.6 Å². The van der Waals surface area contributed by atoms with Gasteiger partial charge in [0, 0.05) is 42.5 Å². The lowest BCUT2D eigenvalue weighted by Crippen LogP contribution is -2.42. The summed E-state index contributed by atoms with van der Waals surface area (Å²) in [4.78, 5) is 59.4. The summed E-state index contributed by atoms with van der Waals surface area (Å²) >= 11 is 0. The van der Waals surface area contributed by atoms with Gasteiger partial charge in [-0.1, -0.05) is 0 Å². The van der Waals surface area contributed by atoms with E-state index in [0.29, 0.717) is 11.6 Å². The van der Waals surface area contributed by atoms with Crippen molar-refractivity contribution in [1.29, 1.82) is 0 Å². The molecular weight excluding hydrogens is 602 g/mol. The summed E-state index contributed by atoms with van der Waals surface area (Å²) in [6.07, 6.45) is 3.91. The second-order valence-electron chi connectivity index (χ2n) is 10.1. The zero-order valence-corrected chi connectivity index (χ0v) is 24.7. The number of benzene rings is 2. The molecule has 234 valence electrons. The van der Waals surface area contributed by atoms with E-state index < -0.39 is 40.8 Å². The third-order valence-electron chi connectivity index (χ3n) is 6.59. The van der Waals surface area contributed by atoms with Crippen LogP contribution < -0.4 is 26.6 Å². The predicted octanol–water partition coefficient (Wildman–Crippen LogP) is 5.22. The zero-order valence-electron chi connectivity index (χ0n) is 24.7. The molecule has 0 aliphatic carbocycles. The molecule has 2 aromatic carbocycles. The number of halogens is 2.